The van der Waals surface area contributed by atoms with E-state index in [0.29, 0.717) is 0 Å². The van der Waals surface area contributed by atoms with Crippen LogP contribution in [0.25, 0.3) is 11.5 Å². The van der Waals surface area contributed by atoms with Crippen molar-refractivity contribution in [2.24, 2.45) is 5.73 Å². The van der Waals surface area contributed by atoms with Gasteiger partial charge in [0.15, 0.2) is 17.2 Å². The van der Waals surface area contributed by atoms with Crippen LogP contribution in [0.1, 0.15) is 16.1 Å². The molecule has 0 radical (unpaired) electrons. The van der Waals surface area contributed by atoms with Gasteiger partial charge in [0, 0.05) is 18.8 Å². The number of nitrogens with one attached hydrogen (secondary N) is 2. The second kappa shape index (κ2) is 7.95. The maximum atomic E-state index is 12.6. The van der Waals surface area contributed by atoms with Crippen LogP contribution in [0.5, 0.6) is 0 Å². The molecule has 0 saturated carbocycles. The Kier molecular flexibility index (Phi) is 5.26. The molecule has 4 N–H and O–H groups in total. The van der Waals surface area contributed by atoms with Gasteiger partial charge in [0.2, 0.25) is 5.78 Å². The number of amides is 2. The van der Waals surface area contributed by atoms with Crippen molar-refractivity contribution < 1.29 is 14.4 Å². The molecular formula is C17H15N7O3. The molecule has 0 bridgehead atoms. The lowest BCUT2D eigenvalue weighted by Gasteiger charge is -2.15. The molecule has 2 aromatic heterocycles. The van der Waals surface area contributed by atoms with Crippen LogP contribution in [0.4, 0.5) is 0 Å². The Morgan fingerprint density at radius 3 is 2.41 bits per heavy atom. The molecule has 1 aromatic carbocycles. The number of aromatic nitrogens is 5. The highest BCUT2D eigenvalue weighted by Gasteiger charge is 2.28. The minimum absolute atomic E-state index is 0.100. The van der Waals surface area contributed by atoms with E-state index >= 15 is 0 Å². The molecule has 0 spiro atoms. The van der Waals surface area contributed by atoms with E-state index in [-0.39, 0.29) is 23.6 Å². The summed E-state index contributed by atoms with van der Waals surface area (Å²) >= 11 is 0. The topological polar surface area (TPSA) is 157 Å². The van der Waals surface area contributed by atoms with Gasteiger partial charge >= 0.3 is 0 Å². The van der Waals surface area contributed by atoms with E-state index in [1.807, 2.05) is 6.07 Å². The summed E-state index contributed by atoms with van der Waals surface area (Å²) in [6.07, 6.45) is 3.09. The standard InChI is InChI=1S/C17H15N7O3/c18-15(26)14(25)11(9-10-5-2-1-3-6-10)21-17(27)13-12(22-24-23-13)16-19-7-4-8-20-16/h1-8,11H,9H2,(H2,18,26)(H,21,27)(H,22,23,24). The van der Waals surface area contributed by atoms with Crippen LogP contribution in [0.3, 0.4) is 0 Å². The molecule has 1 atom stereocenters. The maximum absolute atomic E-state index is 12.6. The molecule has 0 fully saturated rings. The molecule has 0 saturated heterocycles. The minimum Gasteiger partial charge on any atom is -0.363 e. The smallest absolute Gasteiger partial charge is 0.287 e. The number of benzene rings is 1. The molecule has 27 heavy (non-hydrogen) atoms. The van der Waals surface area contributed by atoms with Crippen LogP contribution in [-0.2, 0) is 16.0 Å². The zero-order chi connectivity index (χ0) is 19.2. The van der Waals surface area contributed by atoms with Crippen LogP contribution >= 0.6 is 0 Å². The van der Waals surface area contributed by atoms with Crippen molar-refractivity contribution in [2.75, 3.05) is 0 Å². The predicted molar refractivity (Wildman–Crippen MR) is 93.0 cm³/mol. The van der Waals surface area contributed by atoms with Crippen molar-refractivity contribution in [3.63, 3.8) is 0 Å². The quantitative estimate of drug-likeness (QED) is 0.483. The number of primary amides is 1. The molecule has 10 heteroatoms. The number of aromatic amines is 1. The summed E-state index contributed by atoms with van der Waals surface area (Å²) in [5, 5.41) is 12.5. The lowest BCUT2D eigenvalue weighted by molar-refractivity contribution is -0.137. The van der Waals surface area contributed by atoms with Crippen LogP contribution in [0.2, 0.25) is 0 Å². The number of carbonyl (C=O) groups excluding carboxylic acids is 3. The molecule has 0 aliphatic rings. The Morgan fingerprint density at radius 2 is 1.74 bits per heavy atom. The minimum atomic E-state index is -1.14. The number of H-pyrrole nitrogens is 1. The Balaban J connectivity index is 1.84. The van der Waals surface area contributed by atoms with Crippen molar-refractivity contribution in [3.05, 3.63) is 60.0 Å². The average molecular weight is 365 g/mol. The number of hydrogen-bond donors (Lipinski definition) is 3. The van der Waals surface area contributed by atoms with Gasteiger partial charge in [-0.2, -0.15) is 15.4 Å². The summed E-state index contributed by atoms with van der Waals surface area (Å²) in [6.45, 7) is 0. The van der Waals surface area contributed by atoms with E-state index < -0.39 is 23.6 Å². The first-order valence-corrected chi connectivity index (χ1v) is 7.93. The number of nitrogens with zero attached hydrogens (tertiary/aromatic N) is 4. The third-order valence-corrected chi connectivity index (χ3v) is 3.69. The average Bonchev–Trinajstić information content (AvgIpc) is 3.18. The van der Waals surface area contributed by atoms with E-state index in [0.717, 1.165) is 5.56 Å². The van der Waals surface area contributed by atoms with Gasteiger partial charge in [0.05, 0.1) is 0 Å². The molecule has 3 aromatic rings. The fraction of sp³-hybridized carbons (Fsp3) is 0.118. The highest BCUT2D eigenvalue weighted by atomic mass is 16.2. The maximum Gasteiger partial charge on any atom is 0.287 e. The zero-order valence-corrected chi connectivity index (χ0v) is 14.0. The number of nitrogens with two attached hydrogens (primary N) is 1. The Morgan fingerprint density at radius 1 is 1.04 bits per heavy atom. The Hall–Kier alpha value is -3.95. The van der Waals surface area contributed by atoms with Crippen LogP contribution in [-0.4, -0.2) is 49.0 Å². The van der Waals surface area contributed by atoms with Gasteiger partial charge in [-0.15, -0.1) is 0 Å². The molecule has 0 aliphatic carbocycles. The molecule has 2 heterocycles. The van der Waals surface area contributed by atoms with Gasteiger partial charge in [-0.05, 0) is 11.6 Å². The molecule has 0 aliphatic heterocycles. The molecule has 136 valence electrons. The van der Waals surface area contributed by atoms with Gasteiger partial charge in [-0.1, -0.05) is 30.3 Å². The number of ketones is 1. The van der Waals surface area contributed by atoms with Crippen molar-refractivity contribution >= 4 is 17.6 Å². The Labute approximate surface area is 153 Å². The number of hydrogen-bond acceptors (Lipinski definition) is 7. The summed E-state index contributed by atoms with van der Waals surface area (Å²) in [4.78, 5) is 44.2. The molecule has 2 amide bonds. The first-order chi connectivity index (χ1) is 13.1. The van der Waals surface area contributed by atoms with Crippen LogP contribution in [0, 0.1) is 0 Å². The predicted octanol–water partition coefficient (Wildman–Crippen LogP) is -0.343. The Bertz CT molecular complexity index is 957. The lowest BCUT2D eigenvalue weighted by atomic mass is 10.0. The molecule has 10 nitrogen and oxygen atoms in total. The van der Waals surface area contributed by atoms with E-state index in [4.69, 9.17) is 5.73 Å². The highest BCUT2D eigenvalue weighted by molar-refractivity contribution is 6.38. The van der Waals surface area contributed by atoms with Crippen LogP contribution < -0.4 is 11.1 Å². The number of carbonyl (C=O) groups is 3. The van der Waals surface area contributed by atoms with Crippen molar-refractivity contribution in [3.8, 4) is 11.5 Å². The molecule has 1 unspecified atom stereocenters. The molecular weight excluding hydrogens is 350 g/mol. The van der Waals surface area contributed by atoms with E-state index in [9.17, 15) is 14.4 Å². The van der Waals surface area contributed by atoms with Gasteiger partial charge in [0.1, 0.15) is 6.04 Å². The van der Waals surface area contributed by atoms with Gasteiger partial charge in [-0.3, -0.25) is 14.4 Å². The molecule has 3 rings (SSSR count). The summed E-state index contributed by atoms with van der Waals surface area (Å²) in [7, 11) is 0. The zero-order valence-electron chi connectivity index (χ0n) is 14.0. The van der Waals surface area contributed by atoms with Crippen molar-refractivity contribution in [2.45, 2.75) is 12.5 Å². The van der Waals surface area contributed by atoms with Gasteiger partial charge in [-0.25, -0.2) is 9.97 Å². The number of Topliss-reactive ketones (excluding diaryl/α,β-unsaturated/α-hetero) is 1. The fourth-order valence-corrected chi connectivity index (χ4v) is 2.42. The van der Waals surface area contributed by atoms with Gasteiger partial charge in [0.25, 0.3) is 11.8 Å². The highest BCUT2D eigenvalue weighted by Crippen LogP contribution is 2.14. The summed E-state index contributed by atoms with van der Waals surface area (Å²) in [5.74, 6) is -2.56. The number of rotatable bonds is 7. The second-order valence-corrected chi connectivity index (χ2v) is 5.54. The fourth-order valence-electron chi connectivity index (χ4n) is 2.42. The summed E-state index contributed by atoms with van der Waals surface area (Å²) < 4.78 is 0. The van der Waals surface area contributed by atoms with Crippen molar-refractivity contribution in [1.82, 2.24) is 30.7 Å². The van der Waals surface area contributed by atoms with E-state index in [1.54, 1.807) is 30.3 Å². The van der Waals surface area contributed by atoms with Gasteiger partial charge < -0.3 is 11.1 Å². The first kappa shape index (κ1) is 17.9. The van der Waals surface area contributed by atoms with Crippen molar-refractivity contribution in [1.29, 1.82) is 0 Å². The monoisotopic (exact) mass is 365 g/mol. The third-order valence-electron chi connectivity index (χ3n) is 3.69. The first-order valence-electron chi connectivity index (χ1n) is 7.93. The summed E-state index contributed by atoms with van der Waals surface area (Å²) in [6, 6.07) is 9.40. The van der Waals surface area contributed by atoms with E-state index in [1.165, 1.54) is 12.4 Å². The van der Waals surface area contributed by atoms with E-state index in [2.05, 4.69) is 30.7 Å². The third kappa shape index (κ3) is 4.18. The normalized spacial score (nSPS) is 11.6. The second-order valence-electron chi connectivity index (χ2n) is 5.54. The largest absolute Gasteiger partial charge is 0.363 e. The summed E-state index contributed by atoms with van der Waals surface area (Å²) in [5.41, 5.74) is 5.89. The lowest BCUT2D eigenvalue weighted by Crippen LogP contribution is -2.47. The van der Waals surface area contributed by atoms with Crippen LogP contribution in [0.15, 0.2) is 48.8 Å². The SMILES string of the molecule is NC(=O)C(=O)C(Cc1ccccc1)NC(=O)c1n[nH]nc1-c1ncccn1.